The Kier molecular flexibility index (Phi) is 3.35. The topological polar surface area (TPSA) is 52.9 Å². The van der Waals surface area contributed by atoms with Crippen LogP contribution in [0.15, 0.2) is 29.2 Å². The fourth-order valence-corrected chi connectivity index (χ4v) is 1.27. The Morgan fingerprint density at radius 3 is 2.54 bits per heavy atom. The monoisotopic (exact) mass is 192 g/mol. The van der Waals surface area contributed by atoms with Gasteiger partial charge in [-0.05, 0) is 30.5 Å². The largest absolute Gasteiger partial charge is 0.268 e. The highest BCUT2D eigenvalue weighted by molar-refractivity contribution is 7.98. The summed E-state index contributed by atoms with van der Waals surface area (Å²) in [5, 5.41) is 10.3. The summed E-state index contributed by atoms with van der Waals surface area (Å²) in [5.74, 6) is -0.366. The van der Waals surface area contributed by atoms with Crippen molar-refractivity contribution in [3.05, 3.63) is 29.8 Å². The van der Waals surface area contributed by atoms with Crippen LogP contribution in [0.25, 0.3) is 0 Å². The number of carbonyl (C=O) groups excluding carboxylic acids is 1. The first-order chi connectivity index (χ1) is 6.27. The second-order valence-electron chi connectivity index (χ2n) is 2.29. The van der Waals surface area contributed by atoms with Crippen LogP contribution in [0.1, 0.15) is 10.4 Å². The lowest BCUT2D eigenvalue weighted by atomic mass is 10.2. The Balaban J connectivity index is 2.81. The van der Waals surface area contributed by atoms with Gasteiger partial charge in [-0.3, -0.25) is 10.1 Å². The first-order valence-corrected chi connectivity index (χ1v) is 4.84. The van der Waals surface area contributed by atoms with Crippen LogP contribution in [0.2, 0.25) is 0 Å². The second kappa shape index (κ2) is 4.53. The van der Waals surface area contributed by atoms with E-state index in [0.717, 1.165) is 4.90 Å². The van der Waals surface area contributed by atoms with Gasteiger partial charge >= 0.3 is 0 Å². The molecule has 0 aliphatic heterocycles. The highest BCUT2D eigenvalue weighted by Crippen LogP contribution is 2.14. The predicted octanol–water partition coefficient (Wildman–Crippen LogP) is 1.62. The van der Waals surface area contributed by atoms with Crippen molar-refractivity contribution in [1.29, 1.82) is 5.26 Å². The molecule has 0 fully saturated rings. The van der Waals surface area contributed by atoms with Crippen LogP contribution in [-0.4, -0.2) is 12.2 Å². The maximum Gasteiger partial charge on any atom is 0.264 e. The molecule has 0 aliphatic rings. The van der Waals surface area contributed by atoms with Crippen LogP contribution in [-0.2, 0) is 0 Å². The molecule has 66 valence electrons. The van der Waals surface area contributed by atoms with E-state index < -0.39 is 0 Å². The van der Waals surface area contributed by atoms with Gasteiger partial charge in [-0.1, -0.05) is 0 Å². The molecule has 1 amide bonds. The van der Waals surface area contributed by atoms with Crippen molar-refractivity contribution >= 4 is 17.7 Å². The van der Waals surface area contributed by atoms with Crippen molar-refractivity contribution in [1.82, 2.24) is 5.32 Å². The zero-order valence-corrected chi connectivity index (χ0v) is 7.89. The summed E-state index contributed by atoms with van der Waals surface area (Å²) in [7, 11) is 0. The standard InChI is InChI=1S/C9H8N2OS/c1-13-8-4-2-7(3-5-8)9(12)11-6-10/h2-5H,1H3,(H,11,12). The minimum Gasteiger partial charge on any atom is -0.268 e. The summed E-state index contributed by atoms with van der Waals surface area (Å²) in [5.41, 5.74) is 0.499. The van der Waals surface area contributed by atoms with Crippen molar-refractivity contribution in [3.8, 4) is 6.19 Å². The number of amides is 1. The highest BCUT2D eigenvalue weighted by atomic mass is 32.2. The zero-order chi connectivity index (χ0) is 9.68. The third-order valence-corrected chi connectivity index (χ3v) is 2.27. The number of nitrogens with one attached hydrogen (secondary N) is 1. The van der Waals surface area contributed by atoms with Gasteiger partial charge in [0.2, 0.25) is 0 Å². The van der Waals surface area contributed by atoms with E-state index in [1.54, 1.807) is 30.1 Å². The average Bonchev–Trinajstić information content (AvgIpc) is 2.18. The molecule has 1 rings (SSSR count). The molecule has 4 heteroatoms. The summed E-state index contributed by atoms with van der Waals surface area (Å²) in [6, 6.07) is 7.07. The van der Waals surface area contributed by atoms with Crippen LogP contribution < -0.4 is 5.32 Å². The minimum atomic E-state index is -0.366. The van der Waals surface area contributed by atoms with E-state index in [4.69, 9.17) is 5.26 Å². The lowest BCUT2D eigenvalue weighted by molar-refractivity contribution is 0.0973. The first-order valence-electron chi connectivity index (χ1n) is 3.61. The minimum absolute atomic E-state index is 0.366. The van der Waals surface area contributed by atoms with E-state index in [1.165, 1.54) is 0 Å². The summed E-state index contributed by atoms with van der Waals surface area (Å²) in [6.07, 6.45) is 3.55. The van der Waals surface area contributed by atoms with Crippen molar-refractivity contribution in [2.24, 2.45) is 0 Å². The normalized spacial score (nSPS) is 8.92. The molecule has 1 aromatic rings. The number of hydrogen-bond acceptors (Lipinski definition) is 3. The third-order valence-electron chi connectivity index (χ3n) is 1.52. The van der Waals surface area contributed by atoms with E-state index in [-0.39, 0.29) is 5.91 Å². The number of carbonyl (C=O) groups is 1. The summed E-state index contributed by atoms with van der Waals surface area (Å²) < 4.78 is 0. The molecule has 0 radical (unpaired) electrons. The van der Waals surface area contributed by atoms with Crippen LogP contribution in [0.4, 0.5) is 0 Å². The number of rotatable bonds is 2. The SMILES string of the molecule is CSc1ccc(C(=O)NC#N)cc1. The zero-order valence-electron chi connectivity index (χ0n) is 7.07. The smallest absolute Gasteiger partial charge is 0.264 e. The van der Waals surface area contributed by atoms with E-state index in [0.29, 0.717) is 5.56 Å². The molecule has 0 saturated carbocycles. The predicted molar refractivity (Wildman–Crippen MR) is 51.3 cm³/mol. The summed E-state index contributed by atoms with van der Waals surface area (Å²) in [4.78, 5) is 12.2. The fourth-order valence-electron chi connectivity index (χ4n) is 0.865. The Labute approximate surface area is 80.8 Å². The van der Waals surface area contributed by atoms with Gasteiger partial charge in [-0.2, -0.15) is 5.26 Å². The Morgan fingerprint density at radius 1 is 1.46 bits per heavy atom. The van der Waals surface area contributed by atoms with E-state index >= 15 is 0 Å². The van der Waals surface area contributed by atoms with Crippen molar-refractivity contribution in [3.63, 3.8) is 0 Å². The number of thioether (sulfide) groups is 1. The van der Waals surface area contributed by atoms with E-state index in [1.807, 2.05) is 18.4 Å². The van der Waals surface area contributed by atoms with Crippen LogP contribution in [0.3, 0.4) is 0 Å². The van der Waals surface area contributed by atoms with Gasteiger partial charge in [0.05, 0.1) is 0 Å². The van der Waals surface area contributed by atoms with Crippen LogP contribution >= 0.6 is 11.8 Å². The second-order valence-corrected chi connectivity index (χ2v) is 3.17. The first kappa shape index (κ1) is 9.62. The van der Waals surface area contributed by atoms with Crippen LogP contribution in [0, 0.1) is 11.5 Å². The summed E-state index contributed by atoms with van der Waals surface area (Å²) >= 11 is 1.61. The van der Waals surface area contributed by atoms with Gasteiger partial charge in [0, 0.05) is 10.5 Å². The van der Waals surface area contributed by atoms with Gasteiger partial charge in [-0.15, -0.1) is 11.8 Å². The molecule has 1 N–H and O–H groups in total. The molecule has 0 aliphatic carbocycles. The van der Waals surface area contributed by atoms with Crippen molar-refractivity contribution < 1.29 is 4.79 Å². The number of hydrogen-bond donors (Lipinski definition) is 1. The van der Waals surface area contributed by atoms with E-state index in [9.17, 15) is 4.79 Å². The third kappa shape index (κ3) is 2.49. The molecule has 3 nitrogen and oxygen atoms in total. The molecule has 0 bridgehead atoms. The Bertz CT molecular complexity index is 340. The molecular weight excluding hydrogens is 184 g/mol. The maximum absolute atomic E-state index is 11.1. The average molecular weight is 192 g/mol. The number of nitriles is 1. The molecule has 0 saturated heterocycles. The van der Waals surface area contributed by atoms with Gasteiger partial charge in [0.1, 0.15) is 0 Å². The summed E-state index contributed by atoms with van der Waals surface area (Å²) in [6.45, 7) is 0. The number of nitrogens with zero attached hydrogens (tertiary/aromatic N) is 1. The molecule has 0 spiro atoms. The van der Waals surface area contributed by atoms with Gasteiger partial charge < -0.3 is 0 Å². The van der Waals surface area contributed by atoms with Crippen molar-refractivity contribution in [2.75, 3.05) is 6.26 Å². The molecule has 0 heterocycles. The van der Waals surface area contributed by atoms with Crippen molar-refractivity contribution in [2.45, 2.75) is 4.90 Å². The quantitative estimate of drug-likeness (QED) is 0.440. The van der Waals surface area contributed by atoms with E-state index in [2.05, 4.69) is 5.32 Å². The van der Waals surface area contributed by atoms with Crippen LogP contribution in [0.5, 0.6) is 0 Å². The molecule has 1 aromatic carbocycles. The van der Waals surface area contributed by atoms with Gasteiger partial charge in [-0.25, -0.2) is 0 Å². The number of benzene rings is 1. The maximum atomic E-state index is 11.1. The molecule has 13 heavy (non-hydrogen) atoms. The van der Waals surface area contributed by atoms with Gasteiger partial charge in [0.25, 0.3) is 5.91 Å². The molecule has 0 aromatic heterocycles. The highest BCUT2D eigenvalue weighted by Gasteiger charge is 2.02. The Morgan fingerprint density at radius 2 is 2.08 bits per heavy atom. The molecular formula is C9H8N2OS. The fraction of sp³-hybridized carbons (Fsp3) is 0.111. The molecule has 0 unspecified atom stereocenters. The molecule has 0 atom stereocenters. The lowest BCUT2D eigenvalue weighted by Gasteiger charge is -1.98. The Hall–Kier alpha value is -1.47. The van der Waals surface area contributed by atoms with Gasteiger partial charge in [0.15, 0.2) is 6.19 Å². The lowest BCUT2D eigenvalue weighted by Crippen LogP contribution is -2.16.